The summed E-state index contributed by atoms with van der Waals surface area (Å²) in [5.74, 6) is -0.548. The maximum Gasteiger partial charge on any atom is 0.264 e. The van der Waals surface area contributed by atoms with E-state index in [0.717, 1.165) is 38.1 Å². The fraction of sp³-hybridized carbons (Fsp3) is 0.226. The molecule has 0 aliphatic carbocycles. The second kappa shape index (κ2) is 11.3. The van der Waals surface area contributed by atoms with E-state index >= 15 is 0 Å². The zero-order valence-corrected chi connectivity index (χ0v) is 24.0. The van der Waals surface area contributed by atoms with Crippen molar-refractivity contribution in [2.45, 2.75) is 46.4 Å². The molecule has 0 aliphatic heterocycles. The van der Waals surface area contributed by atoms with E-state index < -0.39 is 22.5 Å². The van der Waals surface area contributed by atoms with Crippen molar-refractivity contribution >= 4 is 27.8 Å². The van der Waals surface area contributed by atoms with Crippen LogP contribution in [-0.4, -0.2) is 31.7 Å². The van der Waals surface area contributed by atoms with Gasteiger partial charge in [-0.1, -0.05) is 42.0 Å². The summed E-state index contributed by atoms with van der Waals surface area (Å²) >= 11 is 0. The fourth-order valence-electron chi connectivity index (χ4n) is 4.81. The molecular weight excluding hydrogens is 508 g/mol. The Morgan fingerprint density at radius 3 is 2.18 bits per heavy atom. The van der Waals surface area contributed by atoms with Crippen molar-refractivity contribution in [1.29, 1.82) is 0 Å². The Bertz CT molecular complexity index is 1630. The van der Waals surface area contributed by atoms with Crippen molar-refractivity contribution in [2.75, 3.05) is 10.8 Å². The maximum atomic E-state index is 13.6. The van der Waals surface area contributed by atoms with Crippen LogP contribution in [0, 0.1) is 41.5 Å². The van der Waals surface area contributed by atoms with Crippen molar-refractivity contribution in [3.63, 3.8) is 0 Å². The number of amides is 1. The Balaban J connectivity index is 1.58. The van der Waals surface area contributed by atoms with Crippen LogP contribution in [-0.2, 0) is 14.8 Å². The molecule has 1 N–H and O–H groups in total. The number of hydrogen-bond donors (Lipinski definition) is 1. The van der Waals surface area contributed by atoms with Crippen LogP contribution >= 0.6 is 0 Å². The van der Waals surface area contributed by atoms with Crippen LogP contribution in [0.25, 0.3) is 5.69 Å². The van der Waals surface area contributed by atoms with Crippen molar-refractivity contribution in [3.8, 4) is 5.69 Å². The van der Waals surface area contributed by atoms with Crippen LogP contribution in [0.5, 0.6) is 0 Å². The van der Waals surface area contributed by atoms with Gasteiger partial charge in [0.25, 0.3) is 15.9 Å². The highest BCUT2D eigenvalue weighted by molar-refractivity contribution is 7.92. The Labute approximate surface area is 230 Å². The van der Waals surface area contributed by atoms with Gasteiger partial charge in [-0.25, -0.2) is 13.8 Å². The SMILES string of the molecule is Cc1cc(C)cc(N(CC(=O)N/N=C/c2cc(C)n(-c3ccc(C)cc3C)c2C)S(=O)(=O)c2ccccc2)c1. The van der Waals surface area contributed by atoms with E-state index in [4.69, 9.17) is 0 Å². The van der Waals surface area contributed by atoms with Crippen molar-refractivity contribution < 1.29 is 13.2 Å². The van der Waals surface area contributed by atoms with E-state index in [0.29, 0.717) is 5.69 Å². The number of rotatable bonds is 8. The Kier molecular flexibility index (Phi) is 8.06. The molecule has 0 spiro atoms. The number of benzene rings is 3. The van der Waals surface area contributed by atoms with Crippen molar-refractivity contribution in [1.82, 2.24) is 9.99 Å². The molecule has 0 fully saturated rings. The summed E-state index contributed by atoms with van der Waals surface area (Å²) in [7, 11) is -3.99. The van der Waals surface area contributed by atoms with Gasteiger partial charge in [0.15, 0.2) is 0 Å². The van der Waals surface area contributed by atoms with Gasteiger partial charge in [0, 0.05) is 22.6 Å². The topological polar surface area (TPSA) is 83.8 Å². The van der Waals surface area contributed by atoms with Gasteiger partial charge in [0.2, 0.25) is 0 Å². The number of aromatic nitrogens is 1. The van der Waals surface area contributed by atoms with Crippen LogP contribution in [0.1, 0.15) is 39.2 Å². The van der Waals surface area contributed by atoms with Gasteiger partial charge in [-0.2, -0.15) is 5.10 Å². The number of aryl methyl sites for hydroxylation is 5. The molecule has 3 aromatic carbocycles. The molecule has 39 heavy (non-hydrogen) atoms. The third-order valence-corrected chi connectivity index (χ3v) is 8.36. The molecule has 1 aromatic heterocycles. The number of nitrogens with zero attached hydrogens (tertiary/aromatic N) is 3. The lowest BCUT2D eigenvalue weighted by Crippen LogP contribution is -2.39. The smallest absolute Gasteiger partial charge is 0.264 e. The lowest BCUT2D eigenvalue weighted by Gasteiger charge is -2.24. The van der Waals surface area contributed by atoms with Crippen LogP contribution < -0.4 is 9.73 Å². The molecule has 4 aromatic rings. The molecule has 0 bridgehead atoms. The highest BCUT2D eigenvalue weighted by Crippen LogP contribution is 2.26. The largest absolute Gasteiger partial charge is 0.318 e. The molecule has 0 radical (unpaired) electrons. The van der Waals surface area contributed by atoms with Gasteiger partial charge in [-0.05, 0) is 94.6 Å². The highest BCUT2D eigenvalue weighted by atomic mass is 32.2. The molecule has 1 heterocycles. The predicted octanol–water partition coefficient (Wildman–Crippen LogP) is 5.67. The molecule has 8 heteroatoms. The summed E-state index contributed by atoms with van der Waals surface area (Å²) in [6.07, 6.45) is 1.59. The predicted molar refractivity (Wildman–Crippen MR) is 157 cm³/mol. The second-order valence-electron chi connectivity index (χ2n) is 9.92. The molecule has 0 atom stereocenters. The molecule has 202 valence electrons. The van der Waals surface area contributed by atoms with E-state index in [1.807, 2.05) is 39.8 Å². The van der Waals surface area contributed by atoms with Gasteiger partial charge in [0.1, 0.15) is 6.54 Å². The van der Waals surface area contributed by atoms with Gasteiger partial charge in [-0.15, -0.1) is 0 Å². The Morgan fingerprint density at radius 1 is 0.872 bits per heavy atom. The van der Waals surface area contributed by atoms with Crippen LogP contribution in [0.15, 0.2) is 82.8 Å². The zero-order chi connectivity index (χ0) is 28.3. The molecule has 0 unspecified atom stereocenters. The van der Waals surface area contributed by atoms with Crippen LogP contribution in [0.2, 0.25) is 0 Å². The van der Waals surface area contributed by atoms with E-state index in [1.54, 1.807) is 36.5 Å². The average molecular weight is 543 g/mol. The van der Waals surface area contributed by atoms with E-state index in [1.165, 1.54) is 23.3 Å². The van der Waals surface area contributed by atoms with Gasteiger partial charge in [-0.3, -0.25) is 9.10 Å². The third kappa shape index (κ3) is 6.12. The average Bonchev–Trinajstić information content (AvgIpc) is 3.15. The first-order chi connectivity index (χ1) is 18.5. The number of hydrazone groups is 1. The first-order valence-corrected chi connectivity index (χ1v) is 14.2. The minimum atomic E-state index is -3.99. The quantitative estimate of drug-likeness (QED) is 0.230. The van der Waals surface area contributed by atoms with Gasteiger partial charge >= 0.3 is 0 Å². The summed E-state index contributed by atoms with van der Waals surface area (Å²) in [5.41, 5.74) is 11.1. The van der Waals surface area contributed by atoms with E-state index in [-0.39, 0.29) is 4.90 Å². The number of carbonyl (C=O) groups is 1. The van der Waals surface area contributed by atoms with Crippen LogP contribution in [0.4, 0.5) is 5.69 Å². The van der Waals surface area contributed by atoms with E-state index in [9.17, 15) is 13.2 Å². The summed E-state index contributed by atoms with van der Waals surface area (Å²) in [6, 6.07) is 21.9. The lowest BCUT2D eigenvalue weighted by molar-refractivity contribution is -0.119. The minimum Gasteiger partial charge on any atom is -0.318 e. The van der Waals surface area contributed by atoms with Crippen molar-refractivity contribution in [2.24, 2.45) is 5.10 Å². The Morgan fingerprint density at radius 2 is 1.54 bits per heavy atom. The molecule has 0 aliphatic rings. The standard InChI is InChI=1S/C31H34N4O3S/c1-21-12-13-30(24(4)15-21)35-25(5)18-27(26(35)6)19-32-33-31(36)20-34(28-16-22(2)14-23(3)17-28)39(37,38)29-10-8-7-9-11-29/h7-19H,20H2,1-6H3,(H,33,36)/b32-19+. The normalized spacial score (nSPS) is 11.6. The molecule has 4 rings (SSSR count). The molecular formula is C31H34N4O3S. The van der Waals surface area contributed by atoms with Gasteiger partial charge < -0.3 is 4.57 Å². The monoisotopic (exact) mass is 542 g/mol. The molecule has 0 saturated heterocycles. The number of anilines is 1. The summed E-state index contributed by atoms with van der Waals surface area (Å²) in [5, 5.41) is 4.16. The zero-order valence-electron chi connectivity index (χ0n) is 23.2. The number of sulfonamides is 1. The second-order valence-corrected chi connectivity index (χ2v) is 11.8. The molecule has 1 amide bonds. The molecule has 7 nitrogen and oxygen atoms in total. The number of carbonyl (C=O) groups excluding carboxylic acids is 1. The van der Waals surface area contributed by atoms with Crippen LogP contribution in [0.3, 0.4) is 0 Å². The number of hydrogen-bond acceptors (Lipinski definition) is 4. The number of nitrogens with one attached hydrogen (secondary N) is 1. The third-order valence-electron chi connectivity index (χ3n) is 6.57. The first kappa shape index (κ1) is 27.9. The lowest BCUT2D eigenvalue weighted by atomic mass is 10.1. The van der Waals surface area contributed by atoms with E-state index in [2.05, 4.69) is 47.1 Å². The summed E-state index contributed by atoms with van der Waals surface area (Å²) in [4.78, 5) is 13.1. The van der Waals surface area contributed by atoms with Gasteiger partial charge in [0.05, 0.1) is 16.8 Å². The fourth-order valence-corrected chi connectivity index (χ4v) is 6.24. The maximum absolute atomic E-state index is 13.6. The minimum absolute atomic E-state index is 0.110. The van der Waals surface area contributed by atoms with Crippen molar-refractivity contribution in [3.05, 3.63) is 112 Å². The highest BCUT2D eigenvalue weighted by Gasteiger charge is 2.27. The molecule has 0 saturated carbocycles. The summed E-state index contributed by atoms with van der Waals surface area (Å²) in [6.45, 7) is 11.5. The Hall–Kier alpha value is -4.17. The summed E-state index contributed by atoms with van der Waals surface area (Å²) < 4.78 is 30.4. The first-order valence-electron chi connectivity index (χ1n) is 12.7.